The van der Waals surface area contributed by atoms with E-state index in [-0.39, 0.29) is 24.0 Å². The average molecular weight is 502 g/mol. The number of halogens is 4. The van der Waals surface area contributed by atoms with Crippen LogP contribution < -0.4 is 10.6 Å². The molecule has 0 aliphatic carbocycles. The molecule has 0 radical (unpaired) electrons. The van der Waals surface area contributed by atoms with Gasteiger partial charge in [0.1, 0.15) is 0 Å². The third-order valence-corrected chi connectivity index (χ3v) is 4.30. The molecular weight excluding hydrogens is 480 g/mol. The lowest BCUT2D eigenvalue weighted by Crippen LogP contribution is -2.38. The van der Waals surface area contributed by atoms with E-state index in [0.29, 0.717) is 23.9 Å². The SMILES string of the molecule is CN=C(NCCCc1cnn(C)c1)NCCc1nc(C(F)(F)F)cs1.I. The maximum Gasteiger partial charge on any atom is 0.434 e. The Morgan fingerprint density at radius 2 is 2.00 bits per heavy atom. The molecule has 0 fully saturated rings. The first-order valence-corrected chi connectivity index (χ1v) is 8.70. The molecule has 0 aromatic carbocycles. The van der Waals surface area contributed by atoms with Gasteiger partial charge in [0.25, 0.3) is 0 Å². The molecule has 6 nitrogen and oxygen atoms in total. The van der Waals surface area contributed by atoms with Crippen molar-refractivity contribution < 1.29 is 13.2 Å². The highest BCUT2D eigenvalue weighted by molar-refractivity contribution is 14.0. The van der Waals surface area contributed by atoms with Gasteiger partial charge in [-0.25, -0.2) is 4.98 Å². The monoisotopic (exact) mass is 502 g/mol. The number of aromatic nitrogens is 3. The molecule has 2 rings (SSSR count). The van der Waals surface area contributed by atoms with Gasteiger partial charge in [0.15, 0.2) is 11.7 Å². The largest absolute Gasteiger partial charge is 0.434 e. The van der Waals surface area contributed by atoms with E-state index < -0.39 is 11.9 Å². The van der Waals surface area contributed by atoms with Gasteiger partial charge in [-0.1, -0.05) is 0 Å². The zero-order valence-electron chi connectivity index (χ0n) is 14.5. The molecule has 0 saturated heterocycles. The molecule has 0 aliphatic rings. The second-order valence-corrected chi connectivity index (χ2v) is 6.37. The predicted octanol–water partition coefficient (Wildman–Crippen LogP) is 2.85. The number of aryl methyl sites for hydroxylation is 2. The Labute approximate surface area is 171 Å². The first kappa shape index (κ1) is 22.7. The molecule has 0 bridgehead atoms. The molecule has 0 unspecified atom stereocenters. The number of hydrogen-bond donors (Lipinski definition) is 2. The van der Waals surface area contributed by atoms with Gasteiger partial charge in [0, 0.05) is 45.2 Å². The summed E-state index contributed by atoms with van der Waals surface area (Å²) < 4.78 is 39.3. The molecule has 11 heteroatoms. The topological polar surface area (TPSA) is 67.1 Å². The minimum absolute atomic E-state index is 0. The van der Waals surface area contributed by atoms with Crippen LogP contribution in [-0.2, 0) is 26.1 Å². The van der Waals surface area contributed by atoms with E-state index >= 15 is 0 Å². The summed E-state index contributed by atoms with van der Waals surface area (Å²) in [5, 5.41) is 11.9. The van der Waals surface area contributed by atoms with Crippen LogP contribution in [0.3, 0.4) is 0 Å². The summed E-state index contributed by atoms with van der Waals surface area (Å²) in [4.78, 5) is 7.69. The Morgan fingerprint density at radius 1 is 1.27 bits per heavy atom. The molecule has 2 aromatic heterocycles. The fourth-order valence-corrected chi connectivity index (χ4v) is 2.97. The lowest BCUT2D eigenvalue weighted by molar-refractivity contribution is -0.140. The van der Waals surface area contributed by atoms with Crippen molar-refractivity contribution in [1.82, 2.24) is 25.4 Å². The summed E-state index contributed by atoms with van der Waals surface area (Å²) in [6.45, 7) is 1.21. The van der Waals surface area contributed by atoms with Gasteiger partial charge in [0.05, 0.1) is 11.2 Å². The van der Waals surface area contributed by atoms with Crippen molar-refractivity contribution in [2.45, 2.75) is 25.4 Å². The Kier molecular flexibility index (Phi) is 9.33. The van der Waals surface area contributed by atoms with Crippen LogP contribution in [0.1, 0.15) is 22.7 Å². The van der Waals surface area contributed by atoms with E-state index in [9.17, 15) is 13.2 Å². The standard InChI is InChI=1S/C15H21F3N6S.HI/c1-19-14(20-6-3-4-11-8-22-24(2)9-11)21-7-5-13-23-12(10-25-13)15(16,17)18;/h8-10H,3-7H2,1-2H3,(H2,19,20,21);1H. The van der Waals surface area contributed by atoms with Gasteiger partial charge in [-0.2, -0.15) is 18.3 Å². The van der Waals surface area contributed by atoms with Crippen LogP contribution in [0.4, 0.5) is 13.2 Å². The minimum Gasteiger partial charge on any atom is -0.356 e. The van der Waals surface area contributed by atoms with Crippen LogP contribution in [0.15, 0.2) is 22.8 Å². The minimum atomic E-state index is -4.38. The van der Waals surface area contributed by atoms with Gasteiger partial charge in [-0.3, -0.25) is 9.67 Å². The Bertz CT molecular complexity index is 698. The van der Waals surface area contributed by atoms with Gasteiger partial charge in [0.2, 0.25) is 0 Å². The van der Waals surface area contributed by atoms with Crippen LogP contribution in [0.5, 0.6) is 0 Å². The number of thiazole rings is 1. The third kappa shape index (κ3) is 7.48. The summed E-state index contributed by atoms with van der Waals surface area (Å²) in [5.41, 5.74) is 0.349. The number of alkyl halides is 3. The normalized spacial score (nSPS) is 12.0. The van der Waals surface area contributed by atoms with E-state index in [1.54, 1.807) is 11.7 Å². The molecule has 2 heterocycles. The van der Waals surface area contributed by atoms with Crippen molar-refractivity contribution in [2.24, 2.45) is 12.0 Å². The highest BCUT2D eigenvalue weighted by Crippen LogP contribution is 2.29. The maximum absolute atomic E-state index is 12.5. The molecule has 0 amide bonds. The van der Waals surface area contributed by atoms with E-state index in [0.717, 1.165) is 36.1 Å². The number of aliphatic imine (C=N–C) groups is 1. The zero-order valence-corrected chi connectivity index (χ0v) is 17.7. The van der Waals surface area contributed by atoms with E-state index in [2.05, 4.69) is 25.7 Å². The van der Waals surface area contributed by atoms with Gasteiger partial charge in [-0.15, -0.1) is 35.3 Å². The molecular formula is C15H22F3IN6S. The second kappa shape index (κ2) is 10.7. The predicted molar refractivity (Wildman–Crippen MR) is 107 cm³/mol. The summed E-state index contributed by atoms with van der Waals surface area (Å²) in [5.74, 6) is 0.624. The molecule has 0 atom stereocenters. The molecule has 0 aliphatic heterocycles. The molecule has 0 saturated carbocycles. The molecule has 2 aromatic rings. The lowest BCUT2D eigenvalue weighted by Gasteiger charge is -2.11. The Morgan fingerprint density at radius 3 is 2.58 bits per heavy atom. The summed E-state index contributed by atoms with van der Waals surface area (Å²) in [7, 11) is 3.54. The fraction of sp³-hybridized carbons (Fsp3) is 0.533. The number of guanidine groups is 1. The highest BCUT2D eigenvalue weighted by Gasteiger charge is 2.33. The lowest BCUT2D eigenvalue weighted by atomic mass is 10.2. The average Bonchev–Trinajstić information content (AvgIpc) is 3.18. The van der Waals surface area contributed by atoms with Gasteiger partial charge in [-0.05, 0) is 18.4 Å². The van der Waals surface area contributed by atoms with Crippen molar-refractivity contribution in [2.75, 3.05) is 20.1 Å². The summed E-state index contributed by atoms with van der Waals surface area (Å²) >= 11 is 1.02. The van der Waals surface area contributed by atoms with Crippen LogP contribution >= 0.6 is 35.3 Å². The number of nitrogens with one attached hydrogen (secondary N) is 2. The van der Waals surface area contributed by atoms with Crippen LogP contribution in [0.25, 0.3) is 0 Å². The number of nitrogens with zero attached hydrogens (tertiary/aromatic N) is 4. The third-order valence-electron chi connectivity index (χ3n) is 3.39. The highest BCUT2D eigenvalue weighted by atomic mass is 127. The van der Waals surface area contributed by atoms with Gasteiger partial charge >= 0.3 is 6.18 Å². The first-order chi connectivity index (χ1) is 11.9. The summed E-state index contributed by atoms with van der Waals surface area (Å²) in [6.07, 6.45) is 1.70. The van der Waals surface area contributed by atoms with Crippen molar-refractivity contribution in [3.8, 4) is 0 Å². The first-order valence-electron chi connectivity index (χ1n) is 7.82. The Hall–Kier alpha value is -1.37. The number of hydrogen-bond acceptors (Lipinski definition) is 4. The van der Waals surface area contributed by atoms with Crippen molar-refractivity contribution >= 4 is 41.3 Å². The molecule has 146 valence electrons. The van der Waals surface area contributed by atoms with Crippen LogP contribution in [-0.4, -0.2) is 40.9 Å². The number of rotatable bonds is 7. The maximum atomic E-state index is 12.5. The van der Waals surface area contributed by atoms with Crippen molar-refractivity contribution in [3.63, 3.8) is 0 Å². The quantitative estimate of drug-likeness (QED) is 0.265. The van der Waals surface area contributed by atoms with E-state index in [1.807, 2.05) is 19.4 Å². The zero-order chi connectivity index (χ0) is 18.3. The van der Waals surface area contributed by atoms with E-state index in [4.69, 9.17) is 0 Å². The molecule has 26 heavy (non-hydrogen) atoms. The van der Waals surface area contributed by atoms with Crippen LogP contribution in [0, 0.1) is 0 Å². The van der Waals surface area contributed by atoms with E-state index in [1.165, 1.54) is 5.56 Å². The second-order valence-electron chi connectivity index (χ2n) is 5.43. The fourth-order valence-electron chi connectivity index (χ4n) is 2.16. The van der Waals surface area contributed by atoms with Gasteiger partial charge < -0.3 is 10.6 Å². The van der Waals surface area contributed by atoms with Crippen molar-refractivity contribution in [1.29, 1.82) is 0 Å². The molecule has 2 N–H and O–H groups in total. The van der Waals surface area contributed by atoms with Crippen LogP contribution in [0.2, 0.25) is 0 Å². The molecule has 0 spiro atoms. The summed E-state index contributed by atoms with van der Waals surface area (Å²) in [6, 6.07) is 0. The van der Waals surface area contributed by atoms with Crippen molar-refractivity contribution in [3.05, 3.63) is 34.0 Å². The smallest absolute Gasteiger partial charge is 0.356 e. The Balaban J connectivity index is 0.00000338.